The molecule has 0 fully saturated rings. The Balaban J connectivity index is 2.21. The third-order valence-electron chi connectivity index (χ3n) is 3.10. The molecule has 0 saturated carbocycles. The summed E-state index contributed by atoms with van der Waals surface area (Å²) in [4.78, 5) is 40.8. The van der Waals surface area contributed by atoms with Gasteiger partial charge >= 0.3 is 5.97 Å². The van der Waals surface area contributed by atoms with Gasteiger partial charge in [-0.15, -0.1) is 11.3 Å². The van der Waals surface area contributed by atoms with Crippen molar-refractivity contribution in [3.8, 4) is 0 Å². The predicted octanol–water partition coefficient (Wildman–Crippen LogP) is 0.364. The van der Waals surface area contributed by atoms with E-state index >= 15 is 0 Å². The van der Waals surface area contributed by atoms with Gasteiger partial charge in [-0.1, -0.05) is 0 Å². The molecule has 0 saturated heterocycles. The topological polar surface area (TPSA) is 90.3 Å². The number of esters is 1. The molecule has 0 aromatic carbocycles. The largest absolute Gasteiger partial charge is 0.454 e. The highest BCUT2D eigenvalue weighted by molar-refractivity contribution is 7.18. The molecule has 2 heterocycles. The van der Waals surface area contributed by atoms with Crippen LogP contribution in [-0.2, 0) is 20.9 Å². The van der Waals surface area contributed by atoms with Crippen molar-refractivity contribution in [2.45, 2.75) is 20.4 Å². The van der Waals surface area contributed by atoms with Crippen molar-refractivity contribution in [2.24, 2.45) is 0 Å². The van der Waals surface area contributed by atoms with E-state index in [4.69, 9.17) is 4.74 Å². The van der Waals surface area contributed by atoms with Crippen molar-refractivity contribution >= 4 is 33.4 Å². The number of rotatable bonds is 4. The van der Waals surface area contributed by atoms with E-state index in [1.807, 2.05) is 13.8 Å². The lowest BCUT2D eigenvalue weighted by Crippen LogP contribution is -2.29. The van der Waals surface area contributed by atoms with Crippen LogP contribution in [0.1, 0.15) is 10.4 Å². The van der Waals surface area contributed by atoms with Crippen molar-refractivity contribution in [1.82, 2.24) is 14.9 Å². The van der Waals surface area contributed by atoms with Gasteiger partial charge in [0.25, 0.3) is 11.5 Å². The molecular formula is C13H15N3O4S. The molecule has 0 spiro atoms. The van der Waals surface area contributed by atoms with Crippen LogP contribution in [0.15, 0.2) is 11.1 Å². The van der Waals surface area contributed by atoms with Crippen molar-refractivity contribution < 1.29 is 14.3 Å². The number of carbonyl (C=O) groups excluding carboxylic acids is 2. The van der Waals surface area contributed by atoms with Crippen molar-refractivity contribution in [1.29, 1.82) is 0 Å². The first-order chi connectivity index (χ1) is 9.93. The van der Waals surface area contributed by atoms with E-state index < -0.39 is 11.9 Å². The third kappa shape index (κ3) is 3.10. The summed E-state index contributed by atoms with van der Waals surface area (Å²) in [6.07, 6.45) is 1.32. The molecule has 0 atom stereocenters. The molecule has 0 bridgehead atoms. The Morgan fingerprint density at radius 2 is 2.14 bits per heavy atom. The Kier molecular flexibility index (Phi) is 4.37. The summed E-state index contributed by atoms with van der Waals surface area (Å²) in [5.41, 5.74) is 0.597. The lowest BCUT2D eigenvalue weighted by atomic mass is 10.2. The maximum Gasteiger partial charge on any atom is 0.326 e. The van der Waals surface area contributed by atoms with Crippen LogP contribution in [0.2, 0.25) is 0 Å². The van der Waals surface area contributed by atoms with E-state index in [2.05, 4.69) is 10.3 Å². The number of ether oxygens (including phenoxy) is 1. The number of likely N-dealkylation sites (N-methyl/N-ethyl adjacent to an activating group) is 1. The summed E-state index contributed by atoms with van der Waals surface area (Å²) >= 11 is 1.44. The maximum absolute atomic E-state index is 12.3. The standard InChI is InChI=1S/C13H15N3O4S/c1-7-8(2)21-12-11(7)13(19)16(6-15-12)4-10(18)20-5-9(17)14-3/h6H,4-5H2,1-3H3,(H,14,17). The number of amides is 1. The van der Waals surface area contributed by atoms with Gasteiger partial charge < -0.3 is 10.1 Å². The van der Waals surface area contributed by atoms with Crippen LogP contribution in [0.25, 0.3) is 10.2 Å². The van der Waals surface area contributed by atoms with E-state index in [1.54, 1.807) is 0 Å². The molecule has 1 amide bonds. The van der Waals surface area contributed by atoms with Gasteiger partial charge in [0.15, 0.2) is 6.61 Å². The number of hydrogen-bond donors (Lipinski definition) is 1. The minimum absolute atomic E-state index is 0.271. The van der Waals surface area contributed by atoms with Crippen molar-refractivity contribution in [3.63, 3.8) is 0 Å². The number of fused-ring (bicyclic) bond motifs is 1. The molecule has 112 valence electrons. The zero-order valence-electron chi connectivity index (χ0n) is 11.9. The summed E-state index contributed by atoms with van der Waals surface area (Å²) in [6.45, 7) is 3.14. The Labute approximate surface area is 124 Å². The molecule has 0 radical (unpaired) electrons. The minimum Gasteiger partial charge on any atom is -0.454 e. The van der Waals surface area contributed by atoms with Crippen molar-refractivity contribution in [2.75, 3.05) is 13.7 Å². The molecule has 0 aliphatic heterocycles. The number of aryl methyl sites for hydroxylation is 2. The van der Waals surface area contributed by atoms with Crippen LogP contribution in [-0.4, -0.2) is 35.1 Å². The quantitative estimate of drug-likeness (QED) is 0.824. The molecule has 7 nitrogen and oxygen atoms in total. The monoisotopic (exact) mass is 309 g/mol. The Morgan fingerprint density at radius 1 is 1.43 bits per heavy atom. The van der Waals surface area contributed by atoms with Crippen LogP contribution in [0.4, 0.5) is 0 Å². The van der Waals surface area contributed by atoms with Crippen LogP contribution < -0.4 is 10.9 Å². The number of nitrogens with one attached hydrogen (secondary N) is 1. The van der Waals surface area contributed by atoms with Gasteiger partial charge in [-0.25, -0.2) is 4.98 Å². The summed E-state index contributed by atoms with van der Waals surface area (Å²) in [5.74, 6) is -1.07. The summed E-state index contributed by atoms with van der Waals surface area (Å²) in [6, 6.07) is 0. The fourth-order valence-electron chi connectivity index (χ4n) is 1.79. The van der Waals surface area contributed by atoms with E-state index in [0.717, 1.165) is 10.4 Å². The highest BCUT2D eigenvalue weighted by atomic mass is 32.1. The van der Waals surface area contributed by atoms with Crippen LogP contribution in [0.5, 0.6) is 0 Å². The van der Waals surface area contributed by atoms with Gasteiger partial charge in [-0.3, -0.25) is 19.0 Å². The third-order valence-corrected chi connectivity index (χ3v) is 4.21. The highest BCUT2D eigenvalue weighted by Crippen LogP contribution is 2.25. The normalized spacial score (nSPS) is 10.6. The zero-order chi connectivity index (χ0) is 15.6. The van der Waals surface area contributed by atoms with Gasteiger partial charge in [0.2, 0.25) is 0 Å². The second-order valence-electron chi connectivity index (χ2n) is 4.47. The van der Waals surface area contributed by atoms with Gasteiger partial charge in [-0.05, 0) is 19.4 Å². The van der Waals surface area contributed by atoms with Gasteiger partial charge in [0.05, 0.1) is 11.7 Å². The SMILES string of the molecule is CNC(=O)COC(=O)Cn1cnc2sc(C)c(C)c2c1=O. The molecule has 21 heavy (non-hydrogen) atoms. The van der Waals surface area contributed by atoms with E-state index in [0.29, 0.717) is 10.2 Å². The van der Waals surface area contributed by atoms with Crippen LogP contribution in [0, 0.1) is 13.8 Å². The molecular weight excluding hydrogens is 294 g/mol. The molecule has 8 heteroatoms. The van der Waals surface area contributed by atoms with E-state index in [-0.39, 0.29) is 18.7 Å². The fraction of sp³-hybridized carbons (Fsp3) is 0.385. The second kappa shape index (κ2) is 6.04. The number of aromatic nitrogens is 2. The van der Waals surface area contributed by atoms with Crippen LogP contribution in [0.3, 0.4) is 0 Å². The smallest absolute Gasteiger partial charge is 0.326 e. The van der Waals surface area contributed by atoms with Gasteiger partial charge in [0, 0.05) is 11.9 Å². The Morgan fingerprint density at radius 3 is 2.81 bits per heavy atom. The first kappa shape index (κ1) is 15.2. The average Bonchev–Trinajstić information content (AvgIpc) is 2.75. The molecule has 2 rings (SSSR count). The maximum atomic E-state index is 12.3. The fourth-order valence-corrected chi connectivity index (χ4v) is 2.77. The predicted molar refractivity (Wildman–Crippen MR) is 78.4 cm³/mol. The van der Waals surface area contributed by atoms with Crippen molar-refractivity contribution in [3.05, 3.63) is 27.1 Å². The highest BCUT2D eigenvalue weighted by Gasteiger charge is 2.14. The number of nitrogens with zero attached hydrogens (tertiary/aromatic N) is 2. The number of hydrogen-bond acceptors (Lipinski definition) is 6. The molecule has 0 aliphatic rings. The van der Waals surface area contributed by atoms with E-state index in [1.165, 1.54) is 29.3 Å². The summed E-state index contributed by atoms with van der Waals surface area (Å²) < 4.78 is 5.95. The second-order valence-corrected chi connectivity index (χ2v) is 5.68. The Hall–Kier alpha value is -2.22. The average molecular weight is 309 g/mol. The summed E-state index contributed by atoms with van der Waals surface area (Å²) in [7, 11) is 1.44. The molecule has 2 aromatic heterocycles. The van der Waals surface area contributed by atoms with E-state index in [9.17, 15) is 14.4 Å². The molecule has 0 aliphatic carbocycles. The van der Waals surface area contributed by atoms with Gasteiger partial charge in [-0.2, -0.15) is 0 Å². The minimum atomic E-state index is -0.661. The molecule has 0 unspecified atom stereocenters. The number of carbonyl (C=O) groups is 2. The van der Waals surface area contributed by atoms with Crippen LogP contribution >= 0.6 is 11.3 Å². The lowest BCUT2D eigenvalue weighted by molar-refractivity contribution is -0.149. The molecule has 2 aromatic rings. The summed E-state index contributed by atoms with van der Waals surface area (Å²) in [5, 5.41) is 2.86. The first-order valence-corrected chi connectivity index (χ1v) is 7.07. The molecule has 1 N–H and O–H groups in total. The zero-order valence-corrected chi connectivity index (χ0v) is 12.7. The van der Waals surface area contributed by atoms with Gasteiger partial charge in [0.1, 0.15) is 11.4 Å². The first-order valence-electron chi connectivity index (χ1n) is 6.25. The lowest BCUT2D eigenvalue weighted by Gasteiger charge is -2.06. The Bertz CT molecular complexity index is 763. The number of thiophene rings is 1.